The third-order valence-corrected chi connectivity index (χ3v) is 2.83. The molecule has 1 nitrogen and oxygen atoms in total. The number of nitrogens with one attached hydrogen (secondary N) is 1. The van der Waals surface area contributed by atoms with Crippen LogP contribution < -0.4 is 5.32 Å². The molecule has 1 rings (SSSR count). The van der Waals surface area contributed by atoms with E-state index in [1.165, 1.54) is 0 Å². The Bertz CT molecular complexity index is 289. The van der Waals surface area contributed by atoms with Crippen LogP contribution in [0.1, 0.15) is 5.56 Å². The van der Waals surface area contributed by atoms with Crippen LogP contribution in [-0.2, 0) is 0 Å². The highest BCUT2D eigenvalue weighted by atomic mass is 127. The lowest BCUT2D eigenvalue weighted by Gasteiger charge is -2.06. The van der Waals surface area contributed by atoms with Crippen LogP contribution in [0.15, 0.2) is 18.2 Å². The largest absolute Gasteiger partial charge is 0.379 e. The number of hydrogen-bond acceptors (Lipinski definition) is 1. The summed E-state index contributed by atoms with van der Waals surface area (Å²) >= 11 is 2.21. The molecule has 1 N–H and O–H groups in total. The van der Waals surface area contributed by atoms with Gasteiger partial charge in [-0.25, -0.2) is 8.78 Å². The van der Waals surface area contributed by atoms with E-state index in [2.05, 4.69) is 27.9 Å². The van der Waals surface area contributed by atoms with E-state index in [0.29, 0.717) is 0 Å². The molecule has 0 saturated heterocycles. The normalized spacial score (nSPS) is 10.5. The lowest BCUT2D eigenvalue weighted by molar-refractivity contribution is 0.163. The van der Waals surface area contributed by atoms with E-state index in [1.807, 2.05) is 19.1 Å². The average molecular weight is 297 g/mol. The predicted octanol–water partition coefficient (Wildman–Crippen LogP) is 3.28. The van der Waals surface area contributed by atoms with Crippen LogP contribution in [0.2, 0.25) is 0 Å². The summed E-state index contributed by atoms with van der Waals surface area (Å²) in [6.07, 6.45) is -2.31. The molecule has 0 aliphatic heterocycles. The second-order valence-electron chi connectivity index (χ2n) is 2.74. The van der Waals surface area contributed by atoms with E-state index in [9.17, 15) is 8.78 Å². The van der Waals surface area contributed by atoms with Crippen molar-refractivity contribution in [2.75, 3.05) is 11.9 Å². The van der Waals surface area contributed by atoms with Gasteiger partial charge in [0.25, 0.3) is 6.43 Å². The summed E-state index contributed by atoms with van der Waals surface area (Å²) < 4.78 is 24.8. The molecule has 72 valence electrons. The number of rotatable bonds is 3. The first-order valence-electron chi connectivity index (χ1n) is 3.88. The van der Waals surface area contributed by atoms with Gasteiger partial charge in [-0.2, -0.15) is 0 Å². The minimum absolute atomic E-state index is 0.292. The number of anilines is 1. The Balaban J connectivity index is 2.63. The van der Waals surface area contributed by atoms with Crippen LogP contribution in [0, 0.1) is 10.5 Å². The van der Waals surface area contributed by atoms with Crippen LogP contribution in [0.25, 0.3) is 0 Å². The van der Waals surface area contributed by atoms with Crippen molar-refractivity contribution in [1.29, 1.82) is 0 Å². The molecule has 4 heteroatoms. The lowest BCUT2D eigenvalue weighted by atomic mass is 10.2. The third kappa shape index (κ3) is 3.46. The quantitative estimate of drug-likeness (QED) is 0.844. The minimum atomic E-state index is -2.31. The summed E-state index contributed by atoms with van der Waals surface area (Å²) in [5, 5.41) is 2.66. The van der Waals surface area contributed by atoms with Crippen molar-refractivity contribution in [3.63, 3.8) is 0 Å². The second-order valence-corrected chi connectivity index (χ2v) is 3.90. The lowest BCUT2D eigenvalue weighted by Crippen LogP contribution is -2.10. The van der Waals surface area contributed by atoms with Crippen molar-refractivity contribution in [1.82, 2.24) is 0 Å². The highest BCUT2D eigenvalue weighted by molar-refractivity contribution is 14.1. The molecule has 0 bridgehead atoms. The summed E-state index contributed by atoms with van der Waals surface area (Å²) in [6.45, 7) is 1.66. The molecule has 0 aliphatic rings. The Morgan fingerprint density at radius 3 is 2.69 bits per heavy atom. The number of benzene rings is 1. The highest BCUT2D eigenvalue weighted by Crippen LogP contribution is 2.16. The summed E-state index contributed by atoms with van der Waals surface area (Å²) in [5.74, 6) is 0. The van der Waals surface area contributed by atoms with Crippen molar-refractivity contribution in [2.24, 2.45) is 0 Å². The molecular formula is C9H10F2IN. The predicted molar refractivity (Wildman–Crippen MR) is 58.4 cm³/mol. The molecule has 0 amide bonds. The van der Waals surface area contributed by atoms with Gasteiger partial charge >= 0.3 is 0 Å². The number of halogens is 3. The smallest absolute Gasteiger partial charge is 0.255 e. The first-order valence-corrected chi connectivity index (χ1v) is 4.95. The first kappa shape index (κ1) is 10.7. The molecule has 0 unspecified atom stereocenters. The first-order chi connectivity index (χ1) is 6.09. The topological polar surface area (TPSA) is 12.0 Å². The van der Waals surface area contributed by atoms with Crippen molar-refractivity contribution < 1.29 is 8.78 Å². The highest BCUT2D eigenvalue weighted by Gasteiger charge is 2.02. The third-order valence-electron chi connectivity index (χ3n) is 1.62. The monoisotopic (exact) mass is 297 g/mol. The molecular weight excluding hydrogens is 287 g/mol. The Morgan fingerprint density at radius 2 is 2.15 bits per heavy atom. The molecule has 1 aromatic carbocycles. The van der Waals surface area contributed by atoms with Gasteiger partial charge < -0.3 is 5.32 Å². The van der Waals surface area contributed by atoms with Crippen LogP contribution in [-0.4, -0.2) is 13.0 Å². The zero-order chi connectivity index (χ0) is 9.84. The molecule has 0 spiro atoms. The van der Waals surface area contributed by atoms with Crippen LogP contribution in [0.4, 0.5) is 14.5 Å². The van der Waals surface area contributed by atoms with Gasteiger partial charge in [-0.1, -0.05) is 0 Å². The average Bonchev–Trinajstić information content (AvgIpc) is 2.07. The number of hydrogen-bond donors (Lipinski definition) is 1. The summed E-state index contributed by atoms with van der Waals surface area (Å²) in [6, 6.07) is 5.57. The van der Waals surface area contributed by atoms with Gasteiger partial charge in [-0.3, -0.25) is 0 Å². The molecule has 13 heavy (non-hydrogen) atoms. The maximum absolute atomic E-state index is 11.8. The van der Waals surface area contributed by atoms with E-state index in [1.54, 1.807) is 6.07 Å². The fourth-order valence-corrected chi connectivity index (χ4v) is 1.29. The molecule has 0 atom stereocenters. The molecule has 0 heterocycles. The van der Waals surface area contributed by atoms with Crippen molar-refractivity contribution in [3.05, 3.63) is 27.3 Å². The Labute approximate surface area is 89.7 Å². The molecule has 0 radical (unpaired) electrons. The Hall–Kier alpha value is -0.390. The number of alkyl halides is 2. The van der Waals surface area contributed by atoms with E-state index in [4.69, 9.17) is 0 Å². The Morgan fingerprint density at radius 1 is 1.46 bits per heavy atom. The maximum Gasteiger partial charge on any atom is 0.255 e. The van der Waals surface area contributed by atoms with E-state index in [-0.39, 0.29) is 6.54 Å². The summed E-state index contributed by atoms with van der Waals surface area (Å²) in [4.78, 5) is 0. The van der Waals surface area contributed by atoms with E-state index in [0.717, 1.165) is 14.8 Å². The van der Waals surface area contributed by atoms with Crippen molar-refractivity contribution >= 4 is 28.3 Å². The van der Waals surface area contributed by atoms with Gasteiger partial charge in [0.15, 0.2) is 0 Å². The minimum Gasteiger partial charge on any atom is -0.379 e. The van der Waals surface area contributed by atoms with Crippen LogP contribution >= 0.6 is 22.6 Å². The van der Waals surface area contributed by atoms with E-state index < -0.39 is 6.43 Å². The molecule has 1 aromatic rings. The summed E-state index contributed by atoms with van der Waals surface area (Å²) in [7, 11) is 0. The molecule has 0 aliphatic carbocycles. The van der Waals surface area contributed by atoms with Crippen LogP contribution in [0.5, 0.6) is 0 Å². The molecule has 0 fully saturated rings. The number of aryl methyl sites for hydroxylation is 1. The van der Waals surface area contributed by atoms with Gasteiger partial charge in [0.1, 0.15) is 0 Å². The summed E-state index contributed by atoms with van der Waals surface area (Å²) in [5.41, 5.74) is 1.85. The van der Waals surface area contributed by atoms with Gasteiger partial charge in [-0.05, 0) is 53.3 Å². The zero-order valence-corrected chi connectivity index (χ0v) is 9.31. The van der Waals surface area contributed by atoms with Gasteiger partial charge in [-0.15, -0.1) is 0 Å². The van der Waals surface area contributed by atoms with Gasteiger partial charge in [0.05, 0.1) is 6.54 Å². The van der Waals surface area contributed by atoms with Crippen molar-refractivity contribution in [3.8, 4) is 0 Å². The Kier molecular flexibility index (Phi) is 3.90. The second kappa shape index (κ2) is 4.74. The van der Waals surface area contributed by atoms with Gasteiger partial charge in [0, 0.05) is 9.26 Å². The van der Waals surface area contributed by atoms with Crippen LogP contribution in [0.3, 0.4) is 0 Å². The zero-order valence-electron chi connectivity index (χ0n) is 7.15. The van der Waals surface area contributed by atoms with E-state index >= 15 is 0 Å². The fourth-order valence-electron chi connectivity index (χ4n) is 0.950. The SMILES string of the molecule is Cc1cc(NCC(F)F)ccc1I. The molecule has 0 aromatic heterocycles. The standard InChI is InChI=1S/C9H10F2IN/c1-6-4-7(2-3-8(6)12)13-5-9(10)11/h2-4,9,13H,5H2,1H3. The molecule has 0 saturated carbocycles. The van der Waals surface area contributed by atoms with Crippen molar-refractivity contribution in [2.45, 2.75) is 13.3 Å². The van der Waals surface area contributed by atoms with Gasteiger partial charge in [0.2, 0.25) is 0 Å². The maximum atomic E-state index is 11.8. The fraction of sp³-hybridized carbons (Fsp3) is 0.333.